The third-order valence-electron chi connectivity index (χ3n) is 3.72. The maximum Gasteiger partial charge on any atom is 0.361 e. The predicted molar refractivity (Wildman–Crippen MR) is 72.5 cm³/mol. The van der Waals surface area contributed by atoms with Crippen LogP contribution in [0.5, 0.6) is 0 Å². The van der Waals surface area contributed by atoms with Crippen LogP contribution in [0.15, 0.2) is 9.32 Å². The molecule has 1 fully saturated rings. The van der Waals surface area contributed by atoms with Gasteiger partial charge >= 0.3 is 11.7 Å². The van der Waals surface area contributed by atoms with Crippen LogP contribution in [0.4, 0.5) is 4.79 Å². The summed E-state index contributed by atoms with van der Waals surface area (Å²) in [5, 5.41) is 0. The van der Waals surface area contributed by atoms with Gasteiger partial charge in [0.25, 0.3) is 0 Å². The molecule has 0 aliphatic carbocycles. The molecule has 1 aliphatic heterocycles. The van der Waals surface area contributed by atoms with E-state index in [0.717, 1.165) is 31.6 Å². The summed E-state index contributed by atoms with van der Waals surface area (Å²) in [5.41, 5.74) is 1.02. The number of rotatable bonds is 3. The van der Waals surface area contributed by atoms with Crippen LogP contribution in [0.3, 0.4) is 0 Å². The van der Waals surface area contributed by atoms with Gasteiger partial charge < -0.3 is 9.42 Å². The van der Waals surface area contributed by atoms with Crippen LogP contribution in [0.25, 0.3) is 0 Å². The van der Waals surface area contributed by atoms with Gasteiger partial charge in [0.2, 0.25) is 0 Å². The first-order chi connectivity index (χ1) is 9.08. The van der Waals surface area contributed by atoms with Gasteiger partial charge in [-0.05, 0) is 25.2 Å². The minimum atomic E-state index is -0.369. The van der Waals surface area contributed by atoms with Gasteiger partial charge in [0.05, 0.1) is 11.3 Å². The number of carbonyl (C=O) groups excluding carboxylic acids is 1. The molecule has 106 valence electrons. The molecule has 1 aromatic rings. The summed E-state index contributed by atoms with van der Waals surface area (Å²) in [6.07, 6.45) is 3.20. The average Bonchev–Trinajstić information content (AvgIpc) is 2.93. The van der Waals surface area contributed by atoms with Crippen molar-refractivity contribution in [3.63, 3.8) is 0 Å². The Morgan fingerprint density at radius 1 is 1.42 bits per heavy atom. The highest BCUT2D eigenvalue weighted by Gasteiger charge is 2.28. The fourth-order valence-corrected chi connectivity index (χ4v) is 2.66. The number of nitrogens with zero attached hydrogens (tertiary/aromatic N) is 2. The Balaban J connectivity index is 2.33. The fourth-order valence-electron chi connectivity index (χ4n) is 2.66. The summed E-state index contributed by atoms with van der Waals surface area (Å²) in [5.74, 6) is 0.520. The number of hydrogen-bond acceptors (Lipinski definition) is 3. The minimum Gasteiger partial charge on any atom is -0.327 e. The molecule has 2 rings (SSSR count). The quantitative estimate of drug-likeness (QED) is 0.843. The molecule has 5 nitrogen and oxygen atoms in total. The number of aromatic nitrogens is 1. The lowest BCUT2D eigenvalue weighted by Crippen LogP contribution is -2.33. The Kier molecular flexibility index (Phi) is 4.12. The summed E-state index contributed by atoms with van der Waals surface area (Å²) in [4.78, 5) is 26.0. The van der Waals surface area contributed by atoms with Crippen LogP contribution in [0.2, 0.25) is 0 Å². The lowest BCUT2D eigenvalue weighted by atomic mass is 10.1. The Morgan fingerprint density at radius 2 is 2.16 bits per heavy atom. The van der Waals surface area contributed by atoms with Gasteiger partial charge in [-0.1, -0.05) is 27.2 Å². The van der Waals surface area contributed by atoms with Crippen molar-refractivity contribution in [3.05, 3.63) is 21.7 Å². The van der Waals surface area contributed by atoms with Crippen molar-refractivity contribution in [2.75, 3.05) is 13.1 Å². The number of amides is 1. The highest BCUT2D eigenvalue weighted by Crippen LogP contribution is 2.18. The molecule has 0 N–H and O–H groups in total. The van der Waals surface area contributed by atoms with E-state index in [1.54, 1.807) is 4.90 Å². The molecule has 1 unspecified atom stereocenters. The molecule has 1 saturated heterocycles. The van der Waals surface area contributed by atoms with E-state index in [0.29, 0.717) is 24.3 Å². The molecule has 0 aromatic carbocycles. The summed E-state index contributed by atoms with van der Waals surface area (Å²) >= 11 is 0. The van der Waals surface area contributed by atoms with Gasteiger partial charge in [0.1, 0.15) is 0 Å². The van der Waals surface area contributed by atoms with E-state index in [2.05, 4.69) is 6.92 Å². The zero-order valence-corrected chi connectivity index (χ0v) is 11.9. The van der Waals surface area contributed by atoms with E-state index in [-0.39, 0.29) is 11.7 Å². The van der Waals surface area contributed by atoms with Crippen LogP contribution >= 0.6 is 0 Å². The molecule has 5 heteroatoms. The van der Waals surface area contributed by atoms with Crippen LogP contribution in [-0.4, -0.2) is 28.8 Å². The smallest absolute Gasteiger partial charge is 0.327 e. The summed E-state index contributed by atoms with van der Waals surface area (Å²) < 4.78 is 6.39. The molecule has 1 aromatic heterocycles. The SMILES string of the molecule is CCCc1c(CC)c(=O)on1C(=O)N1CCC(C)C1. The third kappa shape index (κ3) is 2.60. The van der Waals surface area contributed by atoms with Crippen molar-refractivity contribution in [1.82, 2.24) is 9.64 Å². The van der Waals surface area contributed by atoms with Gasteiger partial charge in [-0.3, -0.25) is 0 Å². The summed E-state index contributed by atoms with van der Waals surface area (Å²) in [6, 6.07) is -0.190. The monoisotopic (exact) mass is 266 g/mol. The van der Waals surface area contributed by atoms with Gasteiger partial charge in [-0.15, -0.1) is 4.74 Å². The lowest BCUT2D eigenvalue weighted by Gasteiger charge is -2.16. The van der Waals surface area contributed by atoms with Gasteiger partial charge in [0, 0.05) is 13.1 Å². The predicted octanol–water partition coefficient (Wildman–Crippen LogP) is 2.27. The molecule has 1 atom stereocenters. The average molecular weight is 266 g/mol. The number of hydrogen-bond donors (Lipinski definition) is 0. The van der Waals surface area contributed by atoms with E-state index in [1.165, 1.54) is 4.74 Å². The van der Waals surface area contributed by atoms with E-state index in [9.17, 15) is 9.59 Å². The summed E-state index contributed by atoms with van der Waals surface area (Å²) in [7, 11) is 0. The molecular weight excluding hydrogens is 244 g/mol. The van der Waals surface area contributed by atoms with E-state index in [4.69, 9.17) is 4.52 Å². The largest absolute Gasteiger partial charge is 0.361 e. The molecule has 0 saturated carbocycles. The second-order valence-electron chi connectivity index (χ2n) is 5.32. The maximum atomic E-state index is 12.4. The molecule has 2 heterocycles. The normalized spacial score (nSPS) is 19.1. The molecule has 1 amide bonds. The minimum absolute atomic E-state index is 0.190. The maximum absolute atomic E-state index is 12.4. The number of likely N-dealkylation sites (tertiary alicyclic amines) is 1. The van der Waals surface area contributed by atoms with Gasteiger partial charge in [-0.2, -0.15) is 0 Å². The summed E-state index contributed by atoms with van der Waals surface area (Å²) in [6.45, 7) is 7.56. The molecule has 19 heavy (non-hydrogen) atoms. The van der Waals surface area contributed by atoms with Crippen molar-refractivity contribution in [2.24, 2.45) is 5.92 Å². The van der Waals surface area contributed by atoms with Crippen molar-refractivity contribution >= 4 is 6.03 Å². The first-order valence-electron chi connectivity index (χ1n) is 7.11. The third-order valence-corrected chi connectivity index (χ3v) is 3.72. The first-order valence-corrected chi connectivity index (χ1v) is 7.11. The molecule has 0 bridgehead atoms. The van der Waals surface area contributed by atoms with Crippen molar-refractivity contribution in [3.8, 4) is 0 Å². The standard InChI is InChI=1S/C14H22N2O3/c1-4-6-12-11(5-2)13(17)19-16(12)14(18)15-8-7-10(3)9-15/h10H,4-9H2,1-3H3. The van der Waals surface area contributed by atoms with Crippen molar-refractivity contribution < 1.29 is 9.32 Å². The Labute approximate surface area is 113 Å². The zero-order valence-electron chi connectivity index (χ0n) is 11.9. The molecule has 1 aliphatic rings. The second kappa shape index (κ2) is 5.63. The highest BCUT2D eigenvalue weighted by molar-refractivity contribution is 5.76. The van der Waals surface area contributed by atoms with Gasteiger partial charge in [-0.25, -0.2) is 9.59 Å². The van der Waals surface area contributed by atoms with Crippen LogP contribution in [0.1, 0.15) is 44.9 Å². The molecule has 0 radical (unpaired) electrons. The Morgan fingerprint density at radius 3 is 2.68 bits per heavy atom. The lowest BCUT2D eigenvalue weighted by molar-refractivity contribution is 0.172. The van der Waals surface area contributed by atoms with E-state index < -0.39 is 0 Å². The Bertz CT molecular complexity index is 515. The first kappa shape index (κ1) is 13.9. The van der Waals surface area contributed by atoms with Crippen molar-refractivity contribution in [2.45, 2.75) is 46.5 Å². The van der Waals surface area contributed by atoms with Crippen LogP contribution in [0, 0.1) is 5.92 Å². The van der Waals surface area contributed by atoms with Crippen LogP contribution in [-0.2, 0) is 12.8 Å². The van der Waals surface area contributed by atoms with Crippen molar-refractivity contribution in [1.29, 1.82) is 0 Å². The van der Waals surface area contributed by atoms with Gasteiger partial charge in [0.15, 0.2) is 0 Å². The fraction of sp³-hybridized carbons (Fsp3) is 0.714. The van der Waals surface area contributed by atoms with Crippen LogP contribution < -0.4 is 5.63 Å². The topological polar surface area (TPSA) is 55.5 Å². The molecular formula is C14H22N2O3. The number of carbonyl (C=O) groups is 1. The Hall–Kier alpha value is -1.52. The zero-order chi connectivity index (χ0) is 14.0. The van der Waals surface area contributed by atoms with E-state index >= 15 is 0 Å². The molecule has 0 spiro atoms. The van der Waals surface area contributed by atoms with E-state index in [1.807, 2.05) is 13.8 Å². The second-order valence-corrected chi connectivity index (χ2v) is 5.32. The highest BCUT2D eigenvalue weighted by atomic mass is 16.5.